The summed E-state index contributed by atoms with van der Waals surface area (Å²) in [6.45, 7) is 3.32. The van der Waals surface area contributed by atoms with Gasteiger partial charge in [-0.3, -0.25) is 4.98 Å². The Hall–Kier alpha value is -1.88. The second-order valence-corrected chi connectivity index (χ2v) is 5.99. The molecular weight excluding hydrogens is 262 g/mol. The highest BCUT2D eigenvalue weighted by molar-refractivity contribution is 5.62. The van der Waals surface area contributed by atoms with Gasteiger partial charge in [0.2, 0.25) is 0 Å². The molecule has 4 rings (SSSR count). The fourth-order valence-corrected chi connectivity index (χ4v) is 3.55. The fraction of sp³-hybridized carbons (Fsp3) is 0.500. The Morgan fingerprint density at radius 3 is 3.05 bits per heavy atom. The molecule has 0 amide bonds. The Bertz CT molecular complexity index is 600. The summed E-state index contributed by atoms with van der Waals surface area (Å²) in [6.07, 6.45) is 7.42. The molecule has 5 nitrogen and oxygen atoms in total. The van der Waals surface area contributed by atoms with Crippen LogP contribution >= 0.6 is 0 Å². The zero-order chi connectivity index (χ0) is 14.1. The first-order valence-electron chi connectivity index (χ1n) is 7.86. The van der Waals surface area contributed by atoms with Crippen LogP contribution in [0.1, 0.15) is 25.3 Å². The molecule has 2 aliphatic rings. The summed E-state index contributed by atoms with van der Waals surface area (Å²) in [6, 6.07) is 6.70. The van der Waals surface area contributed by atoms with E-state index in [-0.39, 0.29) is 0 Å². The van der Waals surface area contributed by atoms with E-state index in [1.807, 2.05) is 12.3 Å². The number of nitrogens with zero attached hydrogens (tertiary/aromatic N) is 3. The minimum absolute atomic E-state index is 0.513. The minimum atomic E-state index is 0.513. The molecule has 0 spiro atoms. The third kappa shape index (κ3) is 2.42. The third-order valence-electron chi connectivity index (χ3n) is 4.63. The van der Waals surface area contributed by atoms with Crippen LogP contribution in [0.5, 0.6) is 0 Å². The van der Waals surface area contributed by atoms with Crippen molar-refractivity contribution in [1.29, 1.82) is 0 Å². The van der Waals surface area contributed by atoms with Gasteiger partial charge in [-0.25, -0.2) is 4.68 Å². The summed E-state index contributed by atoms with van der Waals surface area (Å²) in [5.74, 6) is 1.84. The largest absolute Gasteiger partial charge is 0.370 e. The first-order chi connectivity index (χ1) is 10.4. The number of anilines is 1. The van der Waals surface area contributed by atoms with Gasteiger partial charge in [0.15, 0.2) is 0 Å². The first-order valence-corrected chi connectivity index (χ1v) is 7.86. The third-order valence-corrected chi connectivity index (χ3v) is 4.63. The smallest absolute Gasteiger partial charge is 0.125 e. The van der Waals surface area contributed by atoms with E-state index in [1.165, 1.54) is 12.8 Å². The Morgan fingerprint density at radius 1 is 1.24 bits per heavy atom. The molecule has 1 saturated heterocycles. The van der Waals surface area contributed by atoms with Crippen LogP contribution in [-0.4, -0.2) is 34.4 Å². The molecule has 2 aromatic rings. The van der Waals surface area contributed by atoms with E-state index in [4.69, 9.17) is 5.10 Å². The number of piperidine rings is 1. The van der Waals surface area contributed by atoms with Crippen LogP contribution in [0, 0.1) is 5.92 Å². The Kier molecular flexibility index (Phi) is 3.35. The highest BCUT2D eigenvalue weighted by Gasteiger charge is 2.30. The van der Waals surface area contributed by atoms with Crippen LogP contribution in [0.3, 0.4) is 0 Å². The van der Waals surface area contributed by atoms with Crippen LogP contribution in [0.2, 0.25) is 0 Å². The molecule has 21 heavy (non-hydrogen) atoms. The number of hydrogen-bond donors (Lipinski definition) is 2. The molecular formula is C16H21N5. The lowest BCUT2D eigenvalue weighted by molar-refractivity contribution is 0.236. The molecule has 2 unspecified atom stereocenters. The van der Waals surface area contributed by atoms with Crippen LogP contribution in [0.4, 0.5) is 5.82 Å². The van der Waals surface area contributed by atoms with E-state index in [0.29, 0.717) is 12.0 Å². The van der Waals surface area contributed by atoms with E-state index < -0.39 is 0 Å². The van der Waals surface area contributed by atoms with Crippen LogP contribution in [0.15, 0.2) is 30.6 Å². The van der Waals surface area contributed by atoms with Crippen molar-refractivity contribution in [2.24, 2.45) is 5.92 Å². The summed E-state index contributed by atoms with van der Waals surface area (Å²) in [4.78, 5) is 4.20. The van der Waals surface area contributed by atoms with Crippen molar-refractivity contribution in [3.8, 4) is 11.3 Å². The molecule has 110 valence electrons. The topological polar surface area (TPSA) is 54.8 Å². The van der Waals surface area contributed by atoms with Crippen molar-refractivity contribution >= 4 is 5.82 Å². The van der Waals surface area contributed by atoms with Gasteiger partial charge in [-0.1, -0.05) is 0 Å². The van der Waals surface area contributed by atoms with Crippen molar-refractivity contribution in [2.75, 3.05) is 25.0 Å². The zero-order valence-electron chi connectivity index (χ0n) is 12.1. The SMILES string of the molecule is c1cncc(-c2cc3n(n2)C(C2CCCNC2)CCN3)c1. The number of fused-ring (bicyclic) bond motifs is 1. The van der Waals surface area contributed by atoms with Gasteiger partial charge in [0, 0.05) is 30.6 Å². The monoisotopic (exact) mass is 283 g/mol. The second kappa shape index (κ2) is 5.48. The average molecular weight is 283 g/mol. The summed E-state index contributed by atoms with van der Waals surface area (Å²) in [5.41, 5.74) is 2.10. The maximum Gasteiger partial charge on any atom is 0.125 e. The molecule has 0 radical (unpaired) electrons. The van der Waals surface area contributed by atoms with Crippen molar-refractivity contribution < 1.29 is 0 Å². The summed E-state index contributed by atoms with van der Waals surface area (Å²) < 4.78 is 2.21. The van der Waals surface area contributed by atoms with Crippen molar-refractivity contribution in [1.82, 2.24) is 20.1 Å². The first kappa shape index (κ1) is 12.8. The second-order valence-electron chi connectivity index (χ2n) is 5.99. The van der Waals surface area contributed by atoms with E-state index in [0.717, 1.165) is 43.1 Å². The average Bonchev–Trinajstić information content (AvgIpc) is 3.00. The van der Waals surface area contributed by atoms with Crippen LogP contribution in [-0.2, 0) is 0 Å². The van der Waals surface area contributed by atoms with Crippen molar-refractivity contribution in [3.63, 3.8) is 0 Å². The molecule has 0 saturated carbocycles. The van der Waals surface area contributed by atoms with Gasteiger partial charge >= 0.3 is 0 Å². The van der Waals surface area contributed by atoms with Crippen LogP contribution in [0.25, 0.3) is 11.3 Å². The highest BCUT2D eigenvalue weighted by Crippen LogP contribution is 2.34. The predicted octanol–water partition coefficient (Wildman–Crippen LogP) is 2.30. The molecule has 2 aromatic heterocycles. The van der Waals surface area contributed by atoms with E-state index >= 15 is 0 Å². The summed E-state index contributed by atoms with van der Waals surface area (Å²) >= 11 is 0. The standard InChI is InChI=1S/C16H21N5/c1-3-12(10-17-6-1)14-9-16-19-8-5-15(21(16)20-14)13-4-2-7-18-11-13/h1,3,6,9-10,13,15,18-19H,2,4-5,7-8,11H2. The maximum absolute atomic E-state index is 4.86. The zero-order valence-corrected chi connectivity index (χ0v) is 12.1. The summed E-state index contributed by atoms with van der Waals surface area (Å²) in [5, 5.41) is 11.9. The van der Waals surface area contributed by atoms with Gasteiger partial charge in [0.25, 0.3) is 0 Å². The Labute approximate surface area is 124 Å². The molecule has 0 bridgehead atoms. The van der Waals surface area contributed by atoms with Crippen LogP contribution < -0.4 is 10.6 Å². The lowest BCUT2D eigenvalue weighted by Gasteiger charge is -2.34. The maximum atomic E-state index is 4.86. The van der Waals surface area contributed by atoms with E-state index in [9.17, 15) is 0 Å². The quantitative estimate of drug-likeness (QED) is 0.888. The molecule has 4 heterocycles. The van der Waals surface area contributed by atoms with E-state index in [2.05, 4.69) is 32.4 Å². The molecule has 0 aromatic carbocycles. The van der Waals surface area contributed by atoms with Crippen molar-refractivity contribution in [2.45, 2.75) is 25.3 Å². The molecule has 2 N–H and O–H groups in total. The van der Waals surface area contributed by atoms with Gasteiger partial charge in [-0.2, -0.15) is 5.10 Å². The lowest BCUT2D eigenvalue weighted by atomic mass is 9.89. The molecule has 5 heteroatoms. The number of aromatic nitrogens is 3. The Balaban J connectivity index is 1.66. The minimum Gasteiger partial charge on any atom is -0.370 e. The molecule has 2 aliphatic heterocycles. The number of nitrogens with one attached hydrogen (secondary N) is 2. The lowest BCUT2D eigenvalue weighted by Crippen LogP contribution is -2.38. The van der Waals surface area contributed by atoms with Crippen molar-refractivity contribution in [3.05, 3.63) is 30.6 Å². The van der Waals surface area contributed by atoms with Gasteiger partial charge in [-0.15, -0.1) is 0 Å². The van der Waals surface area contributed by atoms with Gasteiger partial charge in [0.1, 0.15) is 5.82 Å². The predicted molar refractivity (Wildman–Crippen MR) is 83.2 cm³/mol. The highest BCUT2D eigenvalue weighted by atomic mass is 15.4. The Morgan fingerprint density at radius 2 is 2.24 bits per heavy atom. The van der Waals surface area contributed by atoms with Gasteiger partial charge in [0.05, 0.1) is 11.7 Å². The number of pyridine rings is 1. The number of hydrogen-bond acceptors (Lipinski definition) is 4. The number of rotatable bonds is 2. The van der Waals surface area contributed by atoms with Gasteiger partial charge < -0.3 is 10.6 Å². The fourth-order valence-electron chi connectivity index (χ4n) is 3.55. The van der Waals surface area contributed by atoms with Gasteiger partial charge in [-0.05, 0) is 50.4 Å². The summed E-state index contributed by atoms with van der Waals surface area (Å²) in [7, 11) is 0. The molecule has 2 atom stereocenters. The van der Waals surface area contributed by atoms with E-state index in [1.54, 1.807) is 6.20 Å². The molecule has 1 fully saturated rings. The normalized spacial score (nSPS) is 25.1. The molecule has 0 aliphatic carbocycles.